The molecule has 0 amide bonds. The van der Waals surface area contributed by atoms with E-state index >= 15 is 0 Å². The van der Waals surface area contributed by atoms with E-state index in [2.05, 4.69) is 24.1 Å². The highest BCUT2D eigenvalue weighted by Gasteiger charge is 2.21. The smallest absolute Gasteiger partial charge is 0.327 e. The van der Waals surface area contributed by atoms with Gasteiger partial charge in [-0.1, -0.05) is 43.1 Å². The van der Waals surface area contributed by atoms with Crippen LogP contribution in [0.2, 0.25) is 10.0 Å². The van der Waals surface area contributed by atoms with Crippen LogP contribution in [-0.2, 0) is 9.53 Å². The second-order valence-electron chi connectivity index (χ2n) is 4.61. The first-order chi connectivity index (χ1) is 10.0. The van der Waals surface area contributed by atoms with Crippen molar-refractivity contribution < 1.29 is 9.53 Å². The zero-order valence-electron chi connectivity index (χ0n) is 12.7. The van der Waals surface area contributed by atoms with Gasteiger partial charge < -0.3 is 9.64 Å². The van der Waals surface area contributed by atoms with Gasteiger partial charge in [-0.05, 0) is 30.8 Å². The molecule has 1 aromatic rings. The molecule has 0 saturated heterocycles. The van der Waals surface area contributed by atoms with Gasteiger partial charge in [-0.2, -0.15) is 0 Å². The van der Waals surface area contributed by atoms with Crippen LogP contribution in [0, 0.1) is 0 Å². The Bertz CT molecular complexity index is 465. The third kappa shape index (κ3) is 5.47. The number of nitrogens with zero attached hydrogens (tertiary/aromatic N) is 1. The average molecular weight is 333 g/mol. The van der Waals surface area contributed by atoms with Crippen LogP contribution < -0.4 is 5.32 Å². The van der Waals surface area contributed by atoms with Gasteiger partial charge in [-0.15, -0.1) is 0 Å². The predicted molar refractivity (Wildman–Crippen MR) is 87.0 cm³/mol. The van der Waals surface area contributed by atoms with E-state index in [0.29, 0.717) is 16.6 Å². The lowest BCUT2D eigenvalue weighted by atomic mass is 10.1. The SMILES string of the molecule is CCN(CC)CCNC(C(=O)OC)c1ccc(Cl)c(Cl)c1. The van der Waals surface area contributed by atoms with E-state index in [1.54, 1.807) is 18.2 Å². The lowest BCUT2D eigenvalue weighted by molar-refractivity contribution is -0.143. The first-order valence-electron chi connectivity index (χ1n) is 7.01. The van der Waals surface area contributed by atoms with E-state index in [1.165, 1.54) is 7.11 Å². The molecule has 4 nitrogen and oxygen atoms in total. The van der Waals surface area contributed by atoms with Crippen LogP contribution in [-0.4, -0.2) is 44.2 Å². The molecule has 1 rings (SSSR count). The van der Waals surface area contributed by atoms with Crippen molar-refractivity contribution in [3.8, 4) is 0 Å². The number of hydrogen-bond donors (Lipinski definition) is 1. The number of hydrogen-bond acceptors (Lipinski definition) is 4. The molecule has 1 unspecified atom stereocenters. The summed E-state index contributed by atoms with van der Waals surface area (Å²) in [6, 6.07) is 4.61. The van der Waals surface area contributed by atoms with Gasteiger partial charge in [0.15, 0.2) is 0 Å². The molecule has 1 atom stereocenters. The van der Waals surface area contributed by atoms with E-state index in [9.17, 15) is 4.79 Å². The second kappa shape index (κ2) is 9.26. The highest BCUT2D eigenvalue weighted by molar-refractivity contribution is 6.42. The average Bonchev–Trinajstić information content (AvgIpc) is 2.50. The number of carbonyl (C=O) groups is 1. The molecule has 0 aliphatic heterocycles. The largest absolute Gasteiger partial charge is 0.468 e. The van der Waals surface area contributed by atoms with Gasteiger partial charge in [0.1, 0.15) is 6.04 Å². The molecular weight excluding hydrogens is 311 g/mol. The third-order valence-electron chi connectivity index (χ3n) is 3.38. The Morgan fingerprint density at radius 1 is 1.29 bits per heavy atom. The molecule has 0 fully saturated rings. The van der Waals surface area contributed by atoms with Crippen LogP contribution in [0.3, 0.4) is 0 Å². The van der Waals surface area contributed by atoms with Crippen molar-refractivity contribution in [2.75, 3.05) is 33.3 Å². The summed E-state index contributed by atoms with van der Waals surface area (Å²) in [5, 5.41) is 4.10. The van der Waals surface area contributed by atoms with Crippen molar-refractivity contribution >= 4 is 29.2 Å². The zero-order valence-corrected chi connectivity index (χ0v) is 14.2. The van der Waals surface area contributed by atoms with Crippen molar-refractivity contribution in [3.63, 3.8) is 0 Å². The Balaban J connectivity index is 2.76. The minimum atomic E-state index is -0.541. The van der Waals surface area contributed by atoms with Crippen LogP contribution in [0.1, 0.15) is 25.5 Å². The summed E-state index contributed by atoms with van der Waals surface area (Å²) < 4.78 is 4.86. The third-order valence-corrected chi connectivity index (χ3v) is 4.12. The summed E-state index contributed by atoms with van der Waals surface area (Å²) in [7, 11) is 1.37. The minimum absolute atomic E-state index is 0.340. The lowest BCUT2D eigenvalue weighted by Gasteiger charge is -2.21. The Kier molecular flexibility index (Phi) is 8.04. The Labute approximate surface area is 136 Å². The Hall–Kier alpha value is -0.810. The maximum Gasteiger partial charge on any atom is 0.327 e. The molecule has 0 saturated carbocycles. The normalized spacial score (nSPS) is 12.5. The number of halogens is 2. The van der Waals surface area contributed by atoms with Gasteiger partial charge in [0, 0.05) is 13.1 Å². The fourth-order valence-electron chi connectivity index (χ4n) is 2.05. The molecule has 1 aromatic carbocycles. The van der Waals surface area contributed by atoms with Crippen molar-refractivity contribution in [3.05, 3.63) is 33.8 Å². The number of likely N-dealkylation sites (N-methyl/N-ethyl adjacent to an activating group) is 1. The molecular formula is C15H22Cl2N2O2. The number of nitrogens with one attached hydrogen (secondary N) is 1. The van der Waals surface area contributed by atoms with Crippen LogP contribution in [0.15, 0.2) is 18.2 Å². The molecule has 0 spiro atoms. The van der Waals surface area contributed by atoms with Gasteiger partial charge in [0.05, 0.1) is 17.2 Å². The summed E-state index contributed by atoms with van der Waals surface area (Å²) in [6.07, 6.45) is 0. The predicted octanol–water partition coefficient (Wildman–Crippen LogP) is 3.14. The number of carbonyl (C=O) groups excluding carboxylic acids is 1. The molecule has 21 heavy (non-hydrogen) atoms. The molecule has 118 valence electrons. The second-order valence-corrected chi connectivity index (χ2v) is 5.43. The van der Waals surface area contributed by atoms with Crippen molar-refractivity contribution in [1.82, 2.24) is 10.2 Å². The monoisotopic (exact) mass is 332 g/mol. The molecule has 0 aliphatic carbocycles. The summed E-state index contributed by atoms with van der Waals surface area (Å²) in [5.41, 5.74) is 0.746. The topological polar surface area (TPSA) is 41.6 Å². The van der Waals surface area contributed by atoms with E-state index in [0.717, 1.165) is 25.2 Å². The number of esters is 1. The summed E-state index contributed by atoms with van der Waals surface area (Å²) in [6.45, 7) is 7.73. The highest BCUT2D eigenvalue weighted by Crippen LogP contribution is 2.26. The summed E-state index contributed by atoms with van der Waals surface area (Å²) >= 11 is 11.9. The van der Waals surface area contributed by atoms with Gasteiger partial charge >= 0.3 is 5.97 Å². The van der Waals surface area contributed by atoms with Gasteiger partial charge in [-0.3, -0.25) is 5.32 Å². The molecule has 0 heterocycles. The molecule has 0 aromatic heterocycles. The first-order valence-corrected chi connectivity index (χ1v) is 7.77. The van der Waals surface area contributed by atoms with Crippen LogP contribution in [0.4, 0.5) is 0 Å². The number of ether oxygens (including phenoxy) is 1. The number of benzene rings is 1. The van der Waals surface area contributed by atoms with E-state index in [-0.39, 0.29) is 5.97 Å². The first kappa shape index (κ1) is 18.2. The summed E-state index contributed by atoms with van der Waals surface area (Å²) in [4.78, 5) is 14.2. The lowest BCUT2D eigenvalue weighted by Crippen LogP contribution is -2.36. The quantitative estimate of drug-likeness (QED) is 0.742. The van der Waals surface area contributed by atoms with E-state index in [4.69, 9.17) is 27.9 Å². The standard InChI is InChI=1S/C15H22Cl2N2O2/c1-4-19(5-2)9-8-18-14(15(20)21-3)11-6-7-12(16)13(17)10-11/h6-7,10,14,18H,4-5,8-9H2,1-3H3. The summed E-state index contributed by atoms with van der Waals surface area (Å²) in [5.74, 6) is -0.340. The zero-order chi connectivity index (χ0) is 15.8. The number of rotatable bonds is 8. The maximum atomic E-state index is 11.9. The van der Waals surface area contributed by atoms with Crippen molar-refractivity contribution in [1.29, 1.82) is 0 Å². The van der Waals surface area contributed by atoms with Crippen LogP contribution in [0.25, 0.3) is 0 Å². The molecule has 1 N–H and O–H groups in total. The van der Waals surface area contributed by atoms with Gasteiger partial charge in [-0.25, -0.2) is 4.79 Å². The van der Waals surface area contributed by atoms with Gasteiger partial charge in [0.25, 0.3) is 0 Å². The molecule has 0 radical (unpaired) electrons. The van der Waals surface area contributed by atoms with E-state index < -0.39 is 6.04 Å². The minimum Gasteiger partial charge on any atom is -0.468 e. The van der Waals surface area contributed by atoms with Crippen molar-refractivity contribution in [2.45, 2.75) is 19.9 Å². The molecule has 6 heteroatoms. The Morgan fingerprint density at radius 2 is 1.95 bits per heavy atom. The van der Waals surface area contributed by atoms with Crippen molar-refractivity contribution in [2.24, 2.45) is 0 Å². The number of methoxy groups -OCH3 is 1. The van der Waals surface area contributed by atoms with Crippen LogP contribution >= 0.6 is 23.2 Å². The highest BCUT2D eigenvalue weighted by atomic mass is 35.5. The fraction of sp³-hybridized carbons (Fsp3) is 0.533. The molecule has 0 bridgehead atoms. The Morgan fingerprint density at radius 3 is 2.48 bits per heavy atom. The van der Waals surface area contributed by atoms with E-state index in [1.807, 2.05) is 0 Å². The van der Waals surface area contributed by atoms with Gasteiger partial charge in [0.2, 0.25) is 0 Å². The maximum absolute atomic E-state index is 11.9. The fourth-order valence-corrected chi connectivity index (χ4v) is 2.36. The molecule has 0 aliphatic rings. The van der Waals surface area contributed by atoms with Crippen LogP contribution in [0.5, 0.6) is 0 Å².